The second kappa shape index (κ2) is 3.30. The molecule has 0 aliphatic carbocycles. The molecule has 0 aliphatic rings. The first-order chi connectivity index (χ1) is 7.84. The molecule has 0 bridgehead atoms. The van der Waals surface area contributed by atoms with E-state index in [0.29, 0.717) is 5.65 Å². The molecule has 2 aromatic heterocycles. The first kappa shape index (κ1) is 8.84. The van der Waals surface area contributed by atoms with Crippen molar-refractivity contribution in [2.45, 2.75) is 0 Å². The third-order valence-corrected chi connectivity index (χ3v) is 2.40. The lowest BCUT2D eigenvalue weighted by Crippen LogP contribution is -2.03. The summed E-state index contributed by atoms with van der Waals surface area (Å²) in [7, 11) is 0. The van der Waals surface area contributed by atoms with E-state index in [1.54, 1.807) is 6.33 Å². The fraction of sp³-hybridized carbons (Fsp3) is 0. The smallest absolute Gasteiger partial charge is 0.305 e. The molecule has 0 unspecified atom stereocenters. The average molecular weight is 212 g/mol. The summed E-state index contributed by atoms with van der Waals surface area (Å²) in [6.07, 6.45) is 1.71. The van der Waals surface area contributed by atoms with Crippen molar-refractivity contribution in [2.24, 2.45) is 0 Å². The average Bonchev–Trinajstić information content (AvgIpc) is 2.77. The summed E-state index contributed by atoms with van der Waals surface area (Å²) in [4.78, 5) is 14.4. The number of anilines is 1. The van der Waals surface area contributed by atoms with Crippen LogP contribution >= 0.6 is 0 Å². The van der Waals surface area contributed by atoms with Crippen LogP contribution in [0, 0.1) is 0 Å². The summed E-state index contributed by atoms with van der Waals surface area (Å²) in [5.41, 5.74) is 9.06. The molecule has 4 N–H and O–H groups in total. The summed E-state index contributed by atoms with van der Waals surface area (Å²) in [6.45, 7) is 0. The minimum Gasteiger partial charge on any atom is -0.354 e. The fourth-order valence-corrected chi connectivity index (χ4v) is 1.70. The van der Waals surface area contributed by atoms with Crippen molar-refractivity contribution in [3.8, 4) is 11.3 Å². The second-order valence-corrected chi connectivity index (χ2v) is 3.45. The number of aromatic amines is 2. The Bertz CT molecular complexity index is 629. The summed E-state index contributed by atoms with van der Waals surface area (Å²) < 4.78 is 0. The van der Waals surface area contributed by atoms with Crippen LogP contribution < -0.4 is 10.7 Å². The van der Waals surface area contributed by atoms with Crippen LogP contribution in [0.5, 0.6) is 0 Å². The van der Waals surface area contributed by atoms with E-state index in [-0.39, 0.29) is 5.95 Å². The molecule has 0 fully saturated rings. The lowest BCUT2D eigenvalue weighted by molar-refractivity contribution is -0.347. The van der Waals surface area contributed by atoms with E-state index in [9.17, 15) is 0 Å². The molecule has 0 amide bonds. The molecule has 1 aromatic carbocycles. The maximum atomic E-state index is 5.67. The highest BCUT2D eigenvalue weighted by Gasteiger charge is 2.14. The predicted molar refractivity (Wildman–Crippen MR) is 60.3 cm³/mol. The molecule has 78 valence electrons. The molecule has 0 spiro atoms. The molecule has 0 aliphatic heterocycles. The van der Waals surface area contributed by atoms with Crippen LogP contribution in [0.15, 0.2) is 36.7 Å². The molecule has 0 radical (unpaired) electrons. The zero-order valence-corrected chi connectivity index (χ0v) is 8.44. The van der Waals surface area contributed by atoms with Crippen molar-refractivity contribution in [1.82, 2.24) is 15.0 Å². The summed E-state index contributed by atoms with van der Waals surface area (Å²) >= 11 is 0. The van der Waals surface area contributed by atoms with Crippen LogP contribution in [0.25, 0.3) is 22.4 Å². The summed E-state index contributed by atoms with van der Waals surface area (Å²) in [5, 5.41) is 0. The highest BCUT2D eigenvalue weighted by atomic mass is 15.1. The number of rotatable bonds is 1. The molecule has 0 atom stereocenters. The lowest BCUT2D eigenvalue weighted by atomic mass is 10.1. The Balaban J connectivity index is 2.34. The van der Waals surface area contributed by atoms with Gasteiger partial charge in [0, 0.05) is 5.56 Å². The van der Waals surface area contributed by atoms with Crippen LogP contribution in [0.1, 0.15) is 0 Å². The van der Waals surface area contributed by atoms with Gasteiger partial charge < -0.3 is 5.73 Å². The SMILES string of the molecule is Nc1nc(-c2ccccc2)c2[nH]c[nH+]c2n1. The number of H-pyrrole nitrogens is 2. The standard InChI is InChI=1S/C11H9N5/c12-11-15-8(7-4-2-1-3-5-7)9-10(16-11)14-6-13-9/h1-6H,(H3,12,13,14,15,16)/p+1. The molecule has 3 aromatic rings. The summed E-state index contributed by atoms with van der Waals surface area (Å²) in [6, 6.07) is 9.87. The molecule has 0 saturated carbocycles. The van der Waals surface area contributed by atoms with Gasteiger partial charge in [-0.15, -0.1) is 0 Å². The van der Waals surface area contributed by atoms with E-state index in [2.05, 4.69) is 19.9 Å². The van der Waals surface area contributed by atoms with Gasteiger partial charge in [-0.25, -0.2) is 4.98 Å². The Morgan fingerprint density at radius 2 is 1.94 bits per heavy atom. The molecular formula is C11H10N5+. The summed E-state index contributed by atoms with van der Waals surface area (Å²) in [5.74, 6) is 0.266. The van der Waals surface area contributed by atoms with Crippen LogP contribution in [0.4, 0.5) is 5.95 Å². The van der Waals surface area contributed by atoms with Gasteiger partial charge in [0.15, 0.2) is 11.8 Å². The van der Waals surface area contributed by atoms with Crippen molar-refractivity contribution < 1.29 is 4.98 Å². The van der Waals surface area contributed by atoms with E-state index >= 15 is 0 Å². The van der Waals surface area contributed by atoms with Gasteiger partial charge >= 0.3 is 5.65 Å². The third-order valence-electron chi connectivity index (χ3n) is 2.40. The maximum absolute atomic E-state index is 5.67. The molecular weight excluding hydrogens is 202 g/mol. The Hall–Kier alpha value is -2.43. The monoisotopic (exact) mass is 212 g/mol. The number of aromatic nitrogens is 4. The van der Waals surface area contributed by atoms with Gasteiger partial charge in [-0.2, -0.15) is 4.98 Å². The van der Waals surface area contributed by atoms with Gasteiger partial charge in [0.2, 0.25) is 0 Å². The number of nitrogen functional groups attached to an aromatic ring is 1. The van der Waals surface area contributed by atoms with Crippen LogP contribution in [-0.2, 0) is 0 Å². The predicted octanol–water partition coefficient (Wildman–Crippen LogP) is 1.02. The van der Waals surface area contributed by atoms with Crippen LogP contribution in [0.2, 0.25) is 0 Å². The second-order valence-electron chi connectivity index (χ2n) is 3.45. The Kier molecular flexibility index (Phi) is 1.83. The van der Waals surface area contributed by atoms with Crippen LogP contribution in [0.3, 0.4) is 0 Å². The van der Waals surface area contributed by atoms with Gasteiger partial charge in [-0.05, 0) is 0 Å². The first-order valence-electron chi connectivity index (χ1n) is 4.92. The molecule has 0 saturated heterocycles. The Morgan fingerprint density at radius 3 is 2.75 bits per heavy atom. The lowest BCUT2D eigenvalue weighted by Gasteiger charge is -1.98. The third kappa shape index (κ3) is 1.30. The highest BCUT2D eigenvalue weighted by Crippen LogP contribution is 2.22. The van der Waals surface area contributed by atoms with Crippen molar-refractivity contribution in [3.05, 3.63) is 36.7 Å². The van der Waals surface area contributed by atoms with Crippen molar-refractivity contribution in [3.63, 3.8) is 0 Å². The number of hydrogen-bond donors (Lipinski definition) is 2. The Labute approximate surface area is 91.4 Å². The quantitative estimate of drug-likeness (QED) is 0.631. The largest absolute Gasteiger partial charge is 0.354 e. The maximum Gasteiger partial charge on any atom is 0.305 e. The number of hydrogen-bond acceptors (Lipinski definition) is 3. The van der Waals surface area contributed by atoms with Gasteiger partial charge in [-0.3, -0.25) is 4.98 Å². The number of nitrogens with zero attached hydrogens (tertiary/aromatic N) is 2. The van der Waals surface area contributed by atoms with E-state index in [1.165, 1.54) is 0 Å². The normalized spacial score (nSPS) is 10.8. The number of nitrogens with two attached hydrogens (primary N) is 1. The van der Waals surface area contributed by atoms with E-state index in [1.807, 2.05) is 30.3 Å². The number of nitrogens with one attached hydrogen (secondary N) is 2. The number of imidazole rings is 1. The molecule has 16 heavy (non-hydrogen) atoms. The fourth-order valence-electron chi connectivity index (χ4n) is 1.70. The van der Waals surface area contributed by atoms with Gasteiger partial charge in [0.1, 0.15) is 5.69 Å². The topological polar surface area (TPSA) is 81.7 Å². The zero-order chi connectivity index (χ0) is 11.0. The minimum absolute atomic E-state index is 0.266. The van der Waals surface area contributed by atoms with Crippen molar-refractivity contribution in [1.29, 1.82) is 0 Å². The van der Waals surface area contributed by atoms with E-state index < -0.39 is 0 Å². The van der Waals surface area contributed by atoms with E-state index in [0.717, 1.165) is 16.8 Å². The van der Waals surface area contributed by atoms with Gasteiger partial charge in [0.05, 0.1) is 0 Å². The van der Waals surface area contributed by atoms with Crippen molar-refractivity contribution >= 4 is 17.1 Å². The number of fused-ring (bicyclic) bond motifs is 1. The van der Waals surface area contributed by atoms with Crippen molar-refractivity contribution in [2.75, 3.05) is 5.73 Å². The molecule has 2 heterocycles. The highest BCUT2D eigenvalue weighted by molar-refractivity contribution is 5.85. The molecule has 5 heteroatoms. The zero-order valence-electron chi connectivity index (χ0n) is 8.44. The first-order valence-corrected chi connectivity index (χ1v) is 4.92. The molecule has 3 rings (SSSR count). The Morgan fingerprint density at radius 1 is 1.12 bits per heavy atom. The van der Waals surface area contributed by atoms with Crippen LogP contribution in [-0.4, -0.2) is 15.0 Å². The molecule has 5 nitrogen and oxygen atoms in total. The van der Waals surface area contributed by atoms with Gasteiger partial charge in [-0.1, -0.05) is 35.3 Å². The van der Waals surface area contributed by atoms with Gasteiger partial charge in [0.25, 0.3) is 5.95 Å². The number of benzene rings is 1. The minimum atomic E-state index is 0.266. The van der Waals surface area contributed by atoms with E-state index in [4.69, 9.17) is 5.73 Å².